The zero-order valence-corrected chi connectivity index (χ0v) is 17.4. The normalized spacial score (nSPS) is 10.1. The van der Waals surface area contributed by atoms with Crippen LogP contribution in [-0.2, 0) is 0 Å². The summed E-state index contributed by atoms with van der Waals surface area (Å²) < 4.78 is 0. The van der Waals surface area contributed by atoms with Crippen molar-refractivity contribution in [2.24, 2.45) is 0 Å². The second kappa shape index (κ2) is 9.30. The maximum Gasteiger partial charge on any atom is 0.175 e. The van der Waals surface area contributed by atoms with Crippen LogP contribution in [0.25, 0.3) is 0 Å². The van der Waals surface area contributed by atoms with Crippen LogP contribution in [0, 0.1) is 13.8 Å². The van der Waals surface area contributed by atoms with E-state index in [9.17, 15) is 0 Å². The van der Waals surface area contributed by atoms with Gasteiger partial charge in [0.1, 0.15) is 0 Å². The number of thiocarbonyl (C=S) groups is 2. The minimum Gasteiger partial charge on any atom is -0.332 e. The van der Waals surface area contributed by atoms with Crippen LogP contribution in [0.1, 0.15) is 11.1 Å². The smallest absolute Gasteiger partial charge is 0.175 e. The molecule has 0 amide bonds. The lowest BCUT2D eigenvalue weighted by molar-refractivity contribution is 1.46. The fourth-order valence-electron chi connectivity index (χ4n) is 2.54. The van der Waals surface area contributed by atoms with Gasteiger partial charge in [-0.25, -0.2) is 0 Å². The van der Waals surface area contributed by atoms with Crippen molar-refractivity contribution < 1.29 is 0 Å². The van der Waals surface area contributed by atoms with Crippen molar-refractivity contribution in [3.63, 3.8) is 0 Å². The molecular weight excluding hydrogens is 384 g/mol. The van der Waals surface area contributed by atoms with Crippen molar-refractivity contribution in [2.75, 3.05) is 21.3 Å². The van der Waals surface area contributed by atoms with Gasteiger partial charge in [-0.05, 0) is 74.7 Å². The number of nitrogens with one attached hydrogen (secondary N) is 4. The Morgan fingerprint density at radius 1 is 0.536 bits per heavy atom. The van der Waals surface area contributed by atoms with Crippen LogP contribution in [0.15, 0.2) is 72.8 Å². The quantitative estimate of drug-likeness (QED) is 0.404. The van der Waals surface area contributed by atoms with Crippen molar-refractivity contribution in [3.05, 3.63) is 83.9 Å². The molecule has 0 aromatic heterocycles. The molecule has 4 nitrogen and oxygen atoms in total. The second-order valence-electron chi connectivity index (χ2n) is 6.44. The summed E-state index contributed by atoms with van der Waals surface area (Å²) in [6, 6.07) is 23.9. The van der Waals surface area contributed by atoms with Gasteiger partial charge in [0.2, 0.25) is 0 Å². The minimum absolute atomic E-state index is 0.510. The Morgan fingerprint density at radius 2 is 0.893 bits per heavy atom. The molecule has 6 heteroatoms. The maximum atomic E-state index is 5.44. The molecular formula is C22H22N4S2. The molecule has 0 radical (unpaired) electrons. The first-order chi connectivity index (χ1) is 13.5. The minimum atomic E-state index is 0.510. The Kier molecular flexibility index (Phi) is 6.57. The summed E-state index contributed by atoms with van der Waals surface area (Å²) in [5.41, 5.74) is 5.94. The van der Waals surface area contributed by atoms with E-state index in [0.29, 0.717) is 10.2 Å². The van der Waals surface area contributed by atoms with Crippen molar-refractivity contribution >= 4 is 57.4 Å². The van der Waals surface area contributed by atoms with Crippen molar-refractivity contribution in [1.29, 1.82) is 0 Å². The molecule has 3 rings (SSSR count). The van der Waals surface area contributed by atoms with E-state index in [1.807, 2.05) is 72.8 Å². The number of para-hydroxylation sites is 2. The van der Waals surface area contributed by atoms with E-state index in [1.165, 1.54) is 11.1 Å². The first-order valence-electron chi connectivity index (χ1n) is 8.88. The number of hydrogen-bond donors (Lipinski definition) is 4. The largest absolute Gasteiger partial charge is 0.332 e. The van der Waals surface area contributed by atoms with Crippen LogP contribution in [0.5, 0.6) is 0 Å². The molecule has 0 saturated heterocycles. The summed E-state index contributed by atoms with van der Waals surface area (Å²) in [6.07, 6.45) is 0. The highest BCUT2D eigenvalue weighted by atomic mass is 32.1. The Labute approximate surface area is 176 Å². The average molecular weight is 407 g/mol. The molecule has 3 aromatic rings. The lowest BCUT2D eigenvalue weighted by Gasteiger charge is -2.16. The molecule has 0 aliphatic rings. The summed E-state index contributed by atoms with van der Waals surface area (Å²) in [7, 11) is 0. The Hall–Kier alpha value is -2.96. The first kappa shape index (κ1) is 19.8. The average Bonchev–Trinajstić information content (AvgIpc) is 2.67. The molecule has 4 N–H and O–H groups in total. The molecule has 3 aromatic carbocycles. The van der Waals surface area contributed by atoms with Gasteiger partial charge in [-0.15, -0.1) is 0 Å². The van der Waals surface area contributed by atoms with Gasteiger partial charge in [0.25, 0.3) is 0 Å². The van der Waals surface area contributed by atoms with Crippen LogP contribution in [0.2, 0.25) is 0 Å². The zero-order valence-electron chi connectivity index (χ0n) is 15.7. The number of benzene rings is 3. The number of hydrogen-bond acceptors (Lipinski definition) is 2. The molecule has 0 saturated carbocycles. The van der Waals surface area contributed by atoms with Gasteiger partial charge in [0.15, 0.2) is 10.2 Å². The van der Waals surface area contributed by atoms with Gasteiger partial charge in [0.05, 0.1) is 11.4 Å². The highest BCUT2D eigenvalue weighted by Crippen LogP contribution is 2.22. The van der Waals surface area contributed by atoms with E-state index in [0.717, 1.165) is 22.7 Å². The number of anilines is 4. The van der Waals surface area contributed by atoms with Crippen LogP contribution >= 0.6 is 24.4 Å². The van der Waals surface area contributed by atoms with E-state index in [1.54, 1.807) is 0 Å². The molecule has 0 unspecified atom stereocenters. The molecule has 0 aliphatic carbocycles. The molecule has 0 fully saturated rings. The second-order valence-corrected chi connectivity index (χ2v) is 7.25. The van der Waals surface area contributed by atoms with Crippen molar-refractivity contribution in [2.45, 2.75) is 13.8 Å². The monoisotopic (exact) mass is 406 g/mol. The van der Waals surface area contributed by atoms with Gasteiger partial charge in [-0.3, -0.25) is 0 Å². The maximum absolute atomic E-state index is 5.44. The van der Waals surface area contributed by atoms with Gasteiger partial charge in [-0.2, -0.15) is 0 Å². The fourth-order valence-corrected chi connectivity index (χ4v) is 3.00. The van der Waals surface area contributed by atoms with Crippen molar-refractivity contribution in [3.8, 4) is 0 Å². The lowest BCUT2D eigenvalue weighted by Crippen LogP contribution is -2.22. The molecule has 0 heterocycles. The summed E-state index contributed by atoms with van der Waals surface area (Å²) in [5, 5.41) is 13.8. The topological polar surface area (TPSA) is 48.1 Å². The summed E-state index contributed by atoms with van der Waals surface area (Å²) in [6.45, 7) is 4.10. The third-order valence-electron chi connectivity index (χ3n) is 4.04. The van der Waals surface area contributed by atoms with E-state index in [-0.39, 0.29) is 0 Å². The number of rotatable bonds is 4. The van der Waals surface area contributed by atoms with Gasteiger partial charge < -0.3 is 21.3 Å². The highest BCUT2D eigenvalue weighted by Gasteiger charge is 2.06. The molecule has 0 atom stereocenters. The summed E-state index contributed by atoms with van der Waals surface area (Å²) in [4.78, 5) is 0. The highest BCUT2D eigenvalue weighted by molar-refractivity contribution is 7.81. The van der Waals surface area contributed by atoms with Gasteiger partial charge >= 0.3 is 0 Å². The summed E-state index contributed by atoms with van der Waals surface area (Å²) in [5.74, 6) is 0. The molecule has 0 bridgehead atoms. The van der Waals surface area contributed by atoms with Crippen molar-refractivity contribution in [1.82, 2.24) is 0 Å². The zero-order chi connectivity index (χ0) is 19.9. The Bertz CT molecular complexity index is 886. The molecule has 0 spiro atoms. The molecule has 142 valence electrons. The molecule has 0 aliphatic heterocycles. The van der Waals surface area contributed by atoms with Crippen LogP contribution in [-0.4, -0.2) is 10.2 Å². The van der Waals surface area contributed by atoms with E-state index in [4.69, 9.17) is 24.4 Å². The van der Waals surface area contributed by atoms with E-state index >= 15 is 0 Å². The molecule has 28 heavy (non-hydrogen) atoms. The van der Waals surface area contributed by atoms with E-state index in [2.05, 4.69) is 35.1 Å². The summed E-state index contributed by atoms with van der Waals surface area (Å²) >= 11 is 10.9. The Morgan fingerprint density at radius 3 is 1.25 bits per heavy atom. The van der Waals surface area contributed by atoms with Gasteiger partial charge in [-0.1, -0.05) is 47.5 Å². The van der Waals surface area contributed by atoms with Crippen LogP contribution < -0.4 is 21.3 Å². The van der Waals surface area contributed by atoms with E-state index < -0.39 is 0 Å². The van der Waals surface area contributed by atoms with Crippen LogP contribution in [0.3, 0.4) is 0 Å². The first-order valence-corrected chi connectivity index (χ1v) is 9.69. The van der Waals surface area contributed by atoms with Crippen LogP contribution in [0.4, 0.5) is 22.7 Å². The predicted molar refractivity (Wildman–Crippen MR) is 128 cm³/mol. The SMILES string of the molecule is Cc1ccc(NC(=S)Nc2ccccc2NC(=S)Nc2ccc(C)cc2)cc1. The van der Waals surface area contributed by atoms with Gasteiger partial charge in [0, 0.05) is 11.4 Å². The fraction of sp³-hybridized carbons (Fsp3) is 0.0909. The predicted octanol–water partition coefficient (Wildman–Crippen LogP) is 5.92. The Balaban J connectivity index is 1.63. The standard InChI is InChI=1S/C22H22N4S2/c1-15-7-11-17(12-8-15)23-21(27)25-19-5-3-4-6-20(19)26-22(28)24-18-13-9-16(2)10-14-18/h3-14H,1-2H3,(H2,23,25,27)(H2,24,26,28). The lowest BCUT2D eigenvalue weighted by atomic mass is 10.2. The third-order valence-corrected chi connectivity index (χ3v) is 4.45. The number of aryl methyl sites for hydroxylation is 2. The third kappa shape index (κ3) is 5.77.